The summed E-state index contributed by atoms with van der Waals surface area (Å²) in [7, 11) is 0. The molecule has 0 atom stereocenters. The lowest BCUT2D eigenvalue weighted by molar-refractivity contribution is -0.139. The molecule has 4 heteroatoms. The highest BCUT2D eigenvalue weighted by atomic mass is 16.2. The normalized spacial score (nSPS) is 10.6. The van der Waals surface area contributed by atoms with E-state index < -0.39 is 11.8 Å². The molecule has 2 aromatic rings. The van der Waals surface area contributed by atoms with Gasteiger partial charge in [0.15, 0.2) is 0 Å². The first-order valence-corrected chi connectivity index (χ1v) is 8.72. The lowest BCUT2D eigenvalue weighted by Gasteiger charge is -2.09. The molecule has 2 N–H and O–H groups in total. The summed E-state index contributed by atoms with van der Waals surface area (Å²) in [6, 6.07) is 16.0. The average Bonchev–Trinajstić information content (AvgIpc) is 2.64. The maximum atomic E-state index is 11.9. The summed E-state index contributed by atoms with van der Waals surface area (Å²) < 4.78 is 0. The zero-order chi connectivity index (χ0) is 18.2. The quantitative estimate of drug-likeness (QED) is 0.794. The second-order valence-corrected chi connectivity index (χ2v) is 6.43. The number of amides is 2. The standard InChI is InChI=1S/C21H26N2O2/c1-4-16-5-7-17(8-6-16)13-22-20(24)21(25)23-14-18-9-11-19(12-10-18)15(2)3/h5-12,15H,4,13-14H2,1-3H3,(H,22,24)(H,23,25). The molecule has 0 radical (unpaired) electrons. The van der Waals surface area contributed by atoms with Gasteiger partial charge in [0.2, 0.25) is 0 Å². The maximum Gasteiger partial charge on any atom is 0.309 e. The van der Waals surface area contributed by atoms with E-state index in [0.29, 0.717) is 19.0 Å². The Morgan fingerprint density at radius 1 is 0.760 bits per heavy atom. The van der Waals surface area contributed by atoms with Crippen molar-refractivity contribution in [2.24, 2.45) is 0 Å². The zero-order valence-electron chi connectivity index (χ0n) is 15.1. The SMILES string of the molecule is CCc1ccc(CNC(=O)C(=O)NCc2ccc(C(C)C)cc2)cc1. The summed E-state index contributed by atoms with van der Waals surface area (Å²) in [6.45, 7) is 7.06. The lowest BCUT2D eigenvalue weighted by Crippen LogP contribution is -2.39. The number of nitrogens with one attached hydrogen (secondary N) is 2. The van der Waals surface area contributed by atoms with Crippen molar-refractivity contribution in [2.75, 3.05) is 0 Å². The minimum atomic E-state index is -0.613. The van der Waals surface area contributed by atoms with Gasteiger partial charge >= 0.3 is 11.8 Å². The van der Waals surface area contributed by atoms with Crippen LogP contribution in [0.2, 0.25) is 0 Å². The molecule has 2 amide bonds. The minimum Gasteiger partial charge on any atom is -0.344 e. The number of hydrogen-bond donors (Lipinski definition) is 2. The van der Waals surface area contributed by atoms with Crippen LogP contribution in [0.25, 0.3) is 0 Å². The maximum absolute atomic E-state index is 11.9. The number of rotatable bonds is 6. The summed E-state index contributed by atoms with van der Waals surface area (Å²) in [5.74, 6) is -0.753. The number of hydrogen-bond acceptors (Lipinski definition) is 2. The van der Waals surface area contributed by atoms with Gasteiger partial charge in [-0.05, 0) is 34.6 Å². The van der Waals surface area contributed by atoms with Crippen LogP contribution in [0.1, 0.15) is 48.9 Å². The van der Waals surface area contributed by atoms with E-state index in [0.717, 1.165) is 17.5 Å². The fourth-order valence-corrected chi connectivity index (χ4v) is 2.44. The van der Waals surface area contributed by atoms with Crippen LogP contribution in [-0.2, 0) is 29.1 Å². The first-order chi connectivity index (χ1) is 12.0. The third-order valence-electron chi connectivity index (χ3n) is 4.19. The fraction of sp³-hybridized carbons (Fsp3) is 0.333. The molecule has 0 aliphatic carbocycles. The van der Waals surface area contributed by atoms with E-state index in [9.17, 15) is 9.59 Å². The van der Waals surface area contributed by atoms with E-state index in [4.69, 9.17) is 0 Å². The van der Waals surface area contributed by atoms with Crippen LogP contribution in [-0.4, -0.2) is 11.8 Å². The summed E-state index contributed by atoms with van der Waals surface area (Å²) in [5, 5.41) is 5.30. The van der Waals surface area contributed by atoms with Crippen LogP contribution in [0.3, 0.4) is 0 Å². The number of benzene rings is 2. The van der Waals surface area contributed by atoms with Crippen molar-refractivity contribution >= 4 is 11.8 Å². The molecule has 2 aromatic carbocycles. The minimum absolute atomic E-state index is 0.343. The van der Waals surface area contributed by atoms with E-state index in [1.54, 1.807) is 0 Å². The first-order valence-electron chi connectivity index (χ1n) is 8.72. The highest BCUT2D eigenvalue weighted by molar-refractivity contribution is 6.35. The Kier molecular flexibility index (Phi) is 6.75. The molecule has 0 unspecified atom stereocenters. The van der Waals surface area contributed by atoms with Gasteiger partial charge in [-0.2, -0.15) is 0 Å². The summed E-state index contributed by atoms with van der Waals surface area (Å²) in [5.41, 5.74) is 4.45. The molecule has 0 bridgehead atoms. The Morgan fingerprint density at radius 2 is 1.16 bits per heavy atom. The predicted molar refractivity (Wildman–Crippen MR) is 100 cm³/mol. The van der Waals surface area contributed by atoms with Gasteiger partial charge in [-0.25, -0.2) is 0 Å². The Balaban J connectivity index is 1.78. The average molecular weight is 338 g/mol. The van der Waals surface area contributed by atoms with Gasteiger partial charge in [0.25, 0.3) is 0 Å². The van der Waals surface area contributed by atoms with Crippen LogP contribution in [0, 0.1) is 0 Å². The molecule has 0 saturated carbocycles. The van der Waals surface area contributed by atoms with E-state index in [1.807, 2.05) is 48.5 Å². The fourth-order valence-electron chi connectivity index (χ4n) is 2.44. The lowest BCUT2D eigenvalue weighted by atomic mass is 10.0. The molecular formula is C21H26N2O2. The zero-order valence-corrected chi connectivity index (χ0v) is 15.1. The Labute approximate surface area is 149 Å². The molecule has 2 rings (SSSR count). The third kappa shape index (κ3) is 5.75. The van der Waals surface area contributed by atoms with Gasteiger partial charge in [-0.1, -0.05) is 69.3 Å². The highest BCUT2D eigenvalue weighted by Crippen LogP contribution is 2.14. The van der Waals surface area contributed by atoms with Crippen molar-refractivity contribution in [1.82, 2.24) is 10.6 Å². The molecule has 0 fully saturated rings. The largest absolute Gasteiger partial charge is 0.344 e. The van der Waals surface area contributed by atoms with Crippen molar-refractivity contribution in [3.05, 3.63) is 70.8 Å². The van der Waals surface area contributed by atoms with E-state index in [-0.39, 0.29) is 0 Å². The van der Waals surface area contributed by atoms with Crippen molar-refractivity contribution in [3.63, 3.8) is 0 Å². The van der Waals surface area contributed by atoms with Crippen LogP contribution >= 0.6 is 0 Å². The van der Waals surface area contributed by atoms with Crippen molar-refractivity contribution in [2.45, 2.75) is 46.2 Å². The van der Waals surface area contributed by atoms with Crippen molar-refractivity contribution in [1.29, 1.82) is 0 Å². The summed E-state index contributed by atoms with van der Waals surface area (Å²) in [6.07, 6.45) is 0.979. The smallest absolute Gasteiger partial charge is 0.309 e. The second kappa shape index (κ2) is 9.02. The summed E-state index contributed by atoms with van der Waals surface area (Å²) >= 11 is 0. The van der Waals surface area contributed by atoms with Gasteiger partial charge in [0, 0.05) is 13.1 Å². The molecule has 0 spiro atoms. The van der Waals surface area contributed by atoms with E-state index in [1.165, 1.54) is 11.1 Å². The van der Waals surface area contributed by atoms with Gasteiger partial charge in [0.1, 0.15) is 0 Å². The van der Waals surface area contributed by atoms with Crippen molar-refractivity contribution in [3.8, 4) is 0 Å². The van der Waals surface area contributed by atoms with Crippen LogP contribution in [0.5, 0.6) is 0 Å². The summed E-state index contributed by atoms with van der Waals surface area (Å²) in [4.78, 5) is 23.8. The van der Waals surface area contributed by atoms with E-state index >= 15 is 0 Å². The molecule has 25 heavy (non-hydrogen) atoms. The van der Waals surface area contributed by atoms with Gasteiger partial charge in [-0.15, -0.1) is 0 Å². The number of aryl methyl sites for hydroxylation is 1. The first kappa shape index (κ1) is 18.7. The van der Waals surface area contributed by atoms with E-state index in [2.05, 4.69) is 31.4 Å². The van der Waals surface area contributed by atoms with Crippen LogP contribution in [0.4, 0.5) is 0 Å². The number of carbonyl (C=O) groups is 2. The Bertz CT molecular complexity index is 704. The van der Waals surface area contributed by atoms with Gasteiger partial charge in [-0.3, -0.25) is 9.59 Å². The molecule has 132 valence electrons. The van der Waals surface area contributed by atoms with Crippen molar-refractivity contribution < 1.29 is 9.59 Å². The Morgan fingerprint density at radius 3 is 1.56 bits per heavy atom. The number of carbonyl (C=O) groups excluding carboxylic acids is 2. The predicted octanol–water partition coefficient (Wildman–Crippen LogP) is 3.31. The highest BCUT2D eigenvalue weighted by Gasteiger charge is 2.12. The van der Waals surface area contributed by atoms with Crippen LogP contribution < -0.4 is 10.6 Å². The molecule has 0 aromatic heterocycles. The topological polar surface area (TPSA) is 58.2 Å². The monoisotopic (exact) mass is 338 g/mol. The molecule has 0 saturated heterocycles. The Hall–Kier alpha value is -2.62. The van der Waals surface area contributed by atoms with Gasteiger partial charge < -0.3 is 10.6 Å². The van der Waals surface area contributed by atoms with Gasteiger partial charge in [0.05, 0.1) is 0 Å². The molecule has 0 aliphatic rings. The van der Waals surface area contributed by atoms with Crippen LogP contribution in [0.15, 0.2) is 48.5 Å². The molecule has 0 heterocycles. The molecule has 0 aliphatic heterocycles. The molecular weight excluding hydrogens is 312 g/mol. The third-order valence-corrected chi connectivity index (χ3v) is 4.19. The molecule has 4 nitrogen and oxygen atoms in total. The second-order valence-electron chi connectivity index (χ2n) is 6.43.